The number of benzene rings is 1. The van der Waals surface area contributed by atoms with Crippen LogP contribution in [-0.4, -0.2) is 22.5 Å². The minimum Gasteiger partial charge on any atom is -0.481 e. The lowest BCUT2D eigenvalue weighted by atomic mass is 10.0. The summed E-state index contributed by atoms with van der Waals surface area (Å²) in [6.07, 6.45) is 0.723. The molecule has 0 aliphatic heterocycles. The van der Waals surface area contributed by atoms with E-state index in [0.29, 0.717) is 29.3 Å². The van der Waals surface area contributed by atoms with Gasteiger partial charge in [0.15, 0.2) is 5.90 Å². The number of aliphatic imine (C=N–C) groups is 1. The normalized spacial score (nSPS) is 11.5. The number of hydrogen-bond acceptors (Lipinski definition) is 5. The molecule has 0 amide bonds. The summed E-state index contributed by atoms with van der Waals surface area (Å²) in [5.41, 5.74) is 8.74. The van der Waals surface area contributed by atoms with Gasteiger partial charge in [-0.1, -0.05) is 30.7 Å². The number of hydrogen-bond donors (Lipinski definition) is 1. The van der Waals surface area contributed by atoms with E-state index in [1.54, 1.807) is 6.92 Å². The molecule has 0 bridgehead atoms. The molecule has 0 radical (unpaired) electrons. The van der Waals surface area contributed by atoms with Gasteiger partial charge in [0, 0.05) is 17.5 Å². The summed E-state index contributed by atoms with van der Waals surface area (Å²) >= 11 is 5.93. The van der Waals surface area contributed by atoms with Crippen molar-refractivity contribution in [2.45, 2.75) is 27.2 Å². The van der Waals surface area contributed by atoms with Crippen LogP contribution in [0.2, 0.25) is 5.02 Å². The van der Waals surface area contributed by atoms with Gasteiger partial charge >= 0.3 is 0 Å². The molecule has 0 saturated heterocycles. The minimum absolute atomic E-state index is 0.318. The maximum absolute atomic E-state index is 6.12. The third-order valence-electron chi connectivity index (χ3n) is 3.08. The number of nitrogens with two attached hydrogens (primary N) is 1. The second-order valence-corrected chi connectivity index (χ2v) is 5.09. The van der Waals surface area contributed by atoms with E-state index >= 15 is 0 Å². The topological polar surface area (TPSA) is 73.4 Å². The summed E-state index contributed by atoms with van der Waals surface area (Å²) in [6.45, 7) is 6.23. The number of anilines is 1. The smallest absolute Gasteiger partial charge is 0.254 e. The third kappa shape index (κ3) is 3.74. The Morgan fingerprint density at radius 1 is 1.23 bits per heavy atom. The molecule has 1 aromatic heterocycles. The van der Waals surface area contributed by atoms with Gasteiger partial charge in [-0.05, 0) is 31.0 Å². The molecule has 0 aliphatic rings. The lowest BCUT2D eigenvalue weighted by Gasteiger charge is -2.11. The molecule has 1 heterocycles. The van der Waals surface area contributed by atoms with E-state index in [1.165, 1.54) is 0 Å². The number of nitrogen functional groups attached to an aromatic ring is 1. The third-order valence-corrected chi connectivity index (χ3v) is 3.33. The van der Waals surface area contributed by atoms with Crippen molar-refractivity contribution in [2.75, 3.05) is 12.3 Å². The predicted molar refractivity (Wildman–Crippen MR) is 90.7 cm³/mol. The van der Waals surface area contributed by atoms with Crippen molar-refractivity contribution in [3.05, 3.63) is 35.0 Å². The van der Waals surface area contributed by atoms with Crippen molar-refractivity contribution in [2.24, 2.45) is 4.99 Å². The van der Waals surface area contributed by atoms with E-state index in [2.05, 4.69) is 15.0 Å². The minimum atomic E-state index is 0.318. The second-order valence-electron chi connectivity index (χ2n) is 4.65. The van der Waals surface area contributed by atoms with Gasteiger partial charge < -0.3 is 10.5 Å². The highest BCUT2D eigenvalue weighted by atomic mass is 35.5. The Hall–Kier alpha value is -2.14. The molecule has 0 fully saturated rings. The molecule has 5 nitrogen and oxygen atoms in total. The molecule has 2 N–H and O–H groups in total. The van der Waals surface area contributed by atoms with Crippen molar-refractivity contribution in [3.8, 4) is 11.1 Å². The Balaban J connectivity index is 2.48. The van der Waals surface area contributed by atoms with E-state index in [4.69, 9.17) is 22.1 Å². The number of halogens is 1. The molecule has 0 atom stereocenters. The molecule has 22 heavy (non-hydrogen) atoms. The van der Waals surface area contributed by atoms with Crippen LogP contribution >= 0.6 is 11.6 Å². The monoisotopic (exact) mass is 318 g/mol. The number of nitrogens with zero attached hydrogens (tertiary/aromatic N) is 3. The van der Waals surface area contributed by atoms with Crippen LogP contribution in [0.15, 0.2) is 29.3 Å². The maximum Gasteiger partial charge on any atom is 0.254 e. The van der Waals surface area contributed by atoms with Crippen LogP contribution in [0.25, 0.3) is 11.1 Å². The zero-order chi connectivity index (χ0) is 16.1. The zero-order valence-corrected chi connectivity index (χ0v) is 13.7. The summed E-state index contributed by atoms with van der Waals surface area (Å²) < 4.78 is 5.30. The Labute approximate surface area is 135 Å². The first-order valence-electron chi connectivity index (χ1n) is 7.15. The Bertz CT molecular complexity index is 683. The average Bonchev–Trinajstić information content (AvgIpc) is 2.48. The van der Waals surface area contributed by atoms with Crippen LogP contribution < -0.4 is 5.73 Å². The van der Waals surface area contributed by atoms with Gasteiger partial charge in [-0.25, -0.2) is 4.98 Å². The summed E-state index contributed by atoms with van der Waals surface area (Å²) in [5, 5.41) is 0.676. The number of ether oxygens (including phenoxy) is 1. The fourth-order valence-electron chi connectivity index (χ4n) is 2.13. The Morgan fingerprint density at radius 3 is 2.50 bits per heavy atom. The van der Waals surface area contributed by atoms with E-state index < -0.39 is 0 Å². The highest BCUT2D eigenvalue weighted by Crippen LogP contribution is 2.30. The van der Waals surface area contributed by atoms with Crippen molar-refractivity contribution >= 4 is 29.3 Å². The van der Waals surface area contributed by atoms with Crippen molar-refractivity contribution in [1.29, 1.82) is 0 Å². The van der Waals surface area contributed by atoms with Crippen LogP contribution in [0.5, 0.6) is 0 Å². The van der Waals surface area contributed by atoms with Crippen LogP contribution in [0.4, 0.5) is 11.8 Å². The molecular formula is C16H19ClN4O. The van der Waals surface area contributed by atoms with E-state index in [9.17, 15) is 0 Å². The molecule has 0 unspecified atom stereocenters. The number of aromatic nitrogens is 2. The summed E-state index contributed by atoms with van der Waals surface area (Å²) in [5.74, 6) is 1.23. The first-order valence-corrected chi connectivity index (χ1v) is 7.53. The molecule has 2 rings (SSSR count). The summed E-state index contributed by atoms with van der Waals surface area (Å²) in [6, 6.07) is 7.46. The van der Waals surface area contributed by atoms with Gasteiger partial charge in [-0.2, -0.15) is 9.98 Å². The highest BCUT2D eigenvalue weighted by molar-refractivity contribution is 6.30. The SMILES string of the molecule is CCOC(C)=Nc1nc(N)c(-c2ccc(Cl)cc2)c(CC)n1. The van der Waals surface area contributed by atoms with Crippen LogP contribution in [0.3, 0.4) is 0 Å². The Morgan fingerprint density at radius 2 is 1.91 bits per heavy atom. The fourth-order valence-corrected chi connectivity index (χ4v) is 2.26. The maximum atomic E-state index is 6.12. The standard InChI is InChI=1S/C16H19ClN4O/c1-4-13-14(11-6-8-12(17)9-7-11)15(18)21-16(20-13)19-10(3)22-5-2/h6-9H,4-5H2,1-3H3,(H2,18,20,21). The van der Waals surface area contributed by atoms with E-state index in [0.717, 1.165) is 23.2 Å². The first-order chi connectivity index (χ1) is 10.5. The molecule has 0 spiro atoms. The molecular weight excluding hydrogens is 300 g/mol. The molecule has 0 aliphatic carbocycles. The number of aryl methyl sites for hydroxylation is 1. The average molecular weight is 319 g/mol. The van der Waals surface area contributed by atoms with Gasteiger partial charge in [0.1, 0.15) is 5.82 Å². The first kappa shape index (κ1) is 16.2. The molecule has 1 aromatic carbocycles. The van der Waals surface area contributed by atoms with Crippen LogP contribution in [0.1, 0.15) is 26.5 Å². The largest absolute Gasteiger partial charge is 0.481 e. The molecule has 6 heteroatoms. The fraction of sp³-hybridized carbons (Fsp3) is 0.312. The van der Waals surface area contributed by atoms with Gasteiger partial charge in [0.2, 0.25) is 0 Å². The zero-order valence-electron chi connectivity index (χ0n) is 12.9. The van der Waals surface area contributed by atoms with E-state index in [1.807, 2.05) is 38.1 Å². The highest BCUT2D eigenvalue weighted by Gasteiger charge is 2.13. The van der Waals surface area contributed by atoms with Gasteiger partial charge in [0.05, 0.1) is 12.3 Å². The molecule has 116 valence electrons. The number of rotatable bonds is 4. The van der Waals surface area contributed by atoms with Crippen molar-refractivity contribution < 1.29 is 4.74 Å². The quantitative estimate of drug-likeness (QED) is 0.682. The second kappa shape index (κ2) is 7.22. The van der Waals surface area contributed by atoms with Crippen LogP contribution in [-0.2, 0) is 11.2 Å². The Kier molecular flexibility index (Phi) is 5.33. The predicted octanol–water partition coefficient (Wildman–Crippen LogP) is 4.03. The lowest BCUT2D eigenvalue weighted by Crippen LogP contribution is -2.04. The van der Waals surface area contributed by atoms with Gasteiger partial charge in [-0.15, -0.1) is 0 Å². The van der Waals surface area contributed by atoms with E-state index in [-0.39, 0.29) is 0 Å². The summed E-state index contributed by atoms with van der Waals surface area (Å²) in [4.78, 5) is 13.0. The van der Waals surface area contributed by atoms with Gasteiger partial charge in [-0.3, -0.25) is 0 Å². The molecule has 2 aromatic rings. The van der Waals surface area contributed by atoms with Crippen molar-refractivity contribution in [3.63, 3.8) is 0 Å². The van der Waals surface area contributed by atoms with Gasteiger partial charge in [0.25, 0.3) is 5.95 Å². The molecule has 0 saturated carbocycles. The lowest BCUT2D eigenvalue weighted by molar-refractivity contribution is 0.324. The van der Waals surface area contributed by atoms with Crippen molar-refractivity contribution in [1.82, 2.24) is 9.97 Å². The summed E-state index contributed by atoms with van der Waals surface area (Å²) in [7, 11) is 0. The van der Waals surface area contributed by atoms with Crippen LogP contribution in [0, 0.1) is 0 Å².